The van der Waals surface area contributed by atoms with E-state index in [2.05, 4.69) is 0 Å². The summed E-state index contributed by atoms with van der Waals surface area (Å²) in [5.74, 6) is 0.618. The molecule has 9 heteroatoms. The van der Waals surface area contributed by atoms with Crippen molar-refractivity contribution in [2.24, 2.45) is 5.73 Å². The molecule has 1 aliphatic rings. The quantitative estimate of drug-likeness (QED) is 0.408. The predicted molar refractivity (Wildman–Crippen MR) is 111 cm³/mol. The molecular formula is C21H20BNO7. The second-order valence-corrected chi connectivity index (χ2v) is 7.18. The first-order valence-corrected chi connectivity index (χ1v) is 9.57. The lowest BCUT2D eigenvalue weighted by molar-refractivity contribution is -0.118. The molecule has 1 amide bonds. The van der Waals surface area contributed by atoms with Crippen molar-refractivity contribution in [2.75, 3.05) is 6.61 Å². The van der Waals surface area contributed by atoms with Crippen LogP contribution in [0.15, 0.2) is 51.7 Å². The monoisotopic (exact) mass is 409 g/mol. The van der Waals surface area contributed by atoms with E-state index in [9.17, 15) is 19.6 Å². The Labute approximate surface area is 172 Å². The topological polar surface area (TPSA) is 132 Å². The zero-order valence-corrected chi connectivity index (χ0v) is 16.0. The fourth-order valence-corrected chi connectivity index (χ4v) is 3.52. The molecule has 8 nitrogen and oxygen atoms in total. The molecule has 4 N–H and O–H groups in total. The van der Waals surface area contributed by atoms with E-state index in [1.54, 1.807) is 36.4 Å². The van der Waals surface area contributed by atoms with Gasteiger partial charge in [0.25, 0.3) is 0 Å². The van der Waals surface area contributed by atoms with Gasteiger partial charge in [0.15, 0.2) is 11.5 Å². The maximum Gasteiger partial charge on any atom is 0.488 e. The maximum absolute atomic E-state index is 12.1. The van der Waals surface area contributed by atoms with Crippen LogP contribution in [0.4, 0.5) is 0 Å². The Balaban J connectivity index is 1.72. The molecule has 0 saturated carbocycles. The summed E-state index contributed by atoms with van der Waals surface area (Å²) < 4.78 is 17.1. The molecule has 0 bridgehead atoms. The summed E-state index contributed by atoms with van der Waals surface area (Å²) in [7, 11) is -1.62. The lowest BCUT2D eigenvalue weighted by Gasteiger charge is -2.27. The van der Waals surface area contributed by atoms with E-state index in [4.69, 9.17) is 19.6 Å². The first-order chi connectivity index (χ1) is 14.4. The number of hydrogen-bond acceptors (Lipinski definition) is 7. The van der Waals surface area contributed by atoms with Crippen LogP contribution in [-0.4, -0.2) is 35.8 Å². The molecular weight excluding hydrogens is 389 g/mol. The number of benzene rings is 2. The fourth-order valence-electron chi connectivity index (χ4n) is 3.52. The zero-order chi connectivity index (χ0) is 21.3. The van der Waals surface area contributed by atoms with E-state index in [1.165, 1.54) is 6.07 Å². The van der Waals surface area contributed by atoms with Gasteiger partial charge < -0.3 is 29.7 Å². The molecule has 1 aromatic heterocycles. The Morgan fingerprint density at radius 3 is 2.77 bits per heavy atom. The van der Waals surface area contributed by atoms with Crippen molar-refractivity contribution >= 4 is 29.5 Å². The summed E-state index contributed by atoms with van der Waals surface area (Å²) >= 11 is 0. The van der Waals surface area contributed by atoms with Gasteiger partial charge in [-0.1, -0.05) is 24.3 Å². The lowest BCUT2D eigenvalue weighted by Crippen LogP contribution is -2.29. The smallest absolute Gasteiger partial charge is 0.486 e. The van der Waals surface area contributed by atoms with Crippen molar-refractivity contribution in [3.05, 3.63) is 52.9 Å². The summed E-state index contributed by atoms with van der Waals surface area (Å²) in [4.78, 5) is 23.0. The van der Waals surface area contributed by atoms with E-state index < -0.39 is 12.7 Å². The predicted octanol–water partition coefficient (Wildman–Crippen LogP) is 0.935. The molecule has 0 aliphatic carbocycles. The van der Waals surface area contributed by atoms with Crippen molar-refractivity contribution < 1.29 is 28.7 Å². The van der Waals surface area contributed by atoms with E-state index in [0.717, 1.165) is 0 Å². The van der Waals surface area contributed by atoms with Crippen molar-refractivity contribution in [1.29, 1.82) is 0 Å². The Morgan fingerprint density at radius 1 is 1.17 bits per heavy atom. The van der Waals surface area contributed by atoms with Crippen LogP contribution in [0.1, 0.15) is 19.3 Å². The van der Waals surface area contributed by atoms with Crippen molar-refractivity contribution in [1.82, 2.24) is 0 Å². The molecule has 154 valence electrons. The highest BCUT2D eigenvalue weighted by Crippen LogP contribution is 2.39. The van der Waals surface area contributed by atoms with E-state index >= 15 is 0 Å². The second kappa shape index (κ2) is 8.21. The van der Waals surface area contributed by atoms with Crippen LogP contribution in [0.25, 0.3) is 22.1 Å². The van der Waals surface area contributed by atoms with Crippen LogP contribution in [0.5, 0.6) is 11.5 Å². The number of carbonyl (C=O) groups excluding carboxylic acids is 1. The van der Waals surface area contributed by atoms with Gasteiger partial charge in [0.1, 0.15) is 18.3 Å². The van der Waals surface area contributed by atoms with E-state index in [0.29, 0.717) is 58.5 Å². The SMILES string of the molecule is NC(=O)CCCC1COc2cc3oc(=O)cc(-c4cccc(B(O)O)c4)c3cc2O1. The summed E-state index contributed by atoms with van der Waals surface area (Å²) in [5.41, 5.74) is 6.50. The number of carbonyl (C=O) groups is 1. The molecule has 4 rings (SSSR count). The highest BCUT2D eigenvalue weighted by atomic mass is 16.6. The van der Waals surface area contributed by atoms with E-state index in [-0.39, 0.29) is 18.4 Å². The maximum atomic E-state index is 12.1. The van der Waals surface area contributed by atoms with Gasteiger partial charge in [0.05, 0.1) is 0 Å². The average Bonchev–Trinajstić information content (AvgIpc) is 2.71. The summed E-state index contributed by atoms with van der Waals surface area (Å²) in [5, 5.41) is 19.6. The molecule has 3 aromatic rings. The Kier molecular flexibility index (Phi) is 5.47. The van der Waals surface area contributed by atoms with Crippen molar-refractivity contribution in [3.8, 4) is 22.6 Å². The van der Waals surface area contributed by atoms with Gasteiger partial charge in [0, 0.05) is 23.9 Å². The fraction of sp³-hybridized carbons (Fsp3) is 0.238. The normalized spacial score (nSPS) is 15.2. The van der Waals surface area contributed by atoms with Crippen molar-refractivity contribution in [2.45, 2.75) is 25.4 Å². The number of amides is 1. The van der Waals surface area contributed by atoms with Gasteiger partial charge in [-0.05, 0) is 35.5 Å². The van der Waals surface area contributed by atoms with Crippen LogP contribution in [0, 0.1) is 0 Å². The van der Waals surface area contributed by atoms with Crippen LogP contribution < -0.4 is 26.3 Å². The third-order valence-electron chi connectivity index (χ3n) is 4.97. The van der Waals surface area contributed by atoms with Gasteiger partial charge >= 0.3 is 12.7 Å². The van der Waals surface area contributed by atoms with Gasteiger partial charge in [-0.15, -0.1) is 0 Å². The number of fused-ring (bicyclic) bond motifs is 2. The van der Waals surface area contributed by atoms with Crippen LogP contribution in [0.3, 0.4) is 0 Å². The molecule has 1 aliphatic heterocycles. The van der Waals surface area contributed by atoms with Crippen LogP contribution in [0.2, 0.25) is 0 Å². The second-order valence-electron chi connectivity index (χ2n) is 7.18. The Bertz CT molecular complexity index is 1160. The number of nitrogens with two attached hydrogens (primary N) is 1. The van der Waals surface area contributed by atoms with Gasteiger partial charge in [-0.25, -0.2) is 4.79 Å². The average molecular weight is 409 g/mol. The number of primary amides is 1. The molecule has 0 spiro atoms. The molecule has 1 atom stereocenters. The largest absolute Gasteiger partial charge is 0.488 e. The summed E-state index contributed by atoms with van der Waals surface area (Å²) in [6.07, 6.45) is 1.28. The first-order valence-electron chi connectivity index (χ1n) is 9.57. The van der Waals surface area contributed by atoms with E-state index in [1.807, 2.05) is 0 Å². The summed E-state index contributed by atoms with van der Waals surface area (Å²) in [6, 6.07) is 11.3. The highest BCUT2D eigenvalue weighted by Gasteiger charge is 2.23. The minimum absolute atomic E-state index is 0.221. The molecule has 1 unspecified atom stereocenters. The molecule has 0 radical (unpaired) electrons. The summed E-state index contributed by atoms with van der Waals surface area (Å²) in [6.45, 7) is 0.317. The standard InChI is InChI=1S/C21H20BNO7/c23-20(24)6-2-5-14-11-28-18-10-17-16(8-19(18)29-14)15(9-21(25)30-17)12-3-1-4-13(7-12)22(26)27/h1,3-4,7-10,14,26-27H,2,5-6,11H2,(H2,23,24). The van der Waals surface area contributed by atoms with Crippen LogP contribution >= 0.6 is 0 Å². The third kappa shape index (κ3) is 4.17. The number of ether oxygens (including phenoxy) is 2. The Morgan fingerprint density at radius 2 is 2.00 bits per heavy atom. The first kappa shape index (κ1) is 20.0. The molecule has 0 saturated heterocycles. The molecule has 2 heterocycles. The minimum Gasteiger partial charge on any atom is -0.486 e. The molecule has 30 heavy (non-hydrogen) atoms. The van der Waals surface area contributed by atoms with Crippen molar-refractivity contribution in [3.63, 3.8) is 0 Å². The van der Waals surface area contributed by atoms with Gasteiger partial charge in [-0.3, -0.25) is 4.79 Å². The lowest BCUT2D eigenvalue weighted by atomic mass is 9.79. The van der Waals surface area contributed by atoms with Crippen LogP contribution in [-0.2, 0) is 4.79 Å². The van der Waals surface area contributed by atoms with Gasteiger partial charge in [-0.2, -0.15) is 0 Å². The molecule has 0 fully saturated rings. The zero-order valence-electron chi connectivity index (χ0n) is 16.0. The number of rotatable bonds is 6. The van der Waals surface area contributed by atoms with Gasteiger partial charge in [0.2, 0.25) is 5.91 Å². The minimum atomic E-state index is -1.62. The Hall–Kier alpha value is -3.30. The third-order valence-corrected chi connectivity index (χ3v) is 4.97. The number of hydrogen-bond donors (Lipinski definition) is 3. The molecule has 2 aromatic carbocycles. The highest BCUT2D eigenvalue weighted by molar-refractivity contribution is 6.58.